The third kappa shape index (κ3) is 3.86. The number of nitrogens with one attached hydrogen (secondary N) is 1. The van der Waals surface area contributed by atoms with Crippen LogP contribution < -0.4 is 14.8 Å². The second-order valence-corrected chi connectivity index (χ2v) is 6.15. The largest absolute Gasteiger partial charge is 0.493 e. The van der Waals surface area contributed by atoms with E-state index in [4.69, 9.17) is 9.47 Å². The van der Waals surface area contributed by atoms with Gasteiger partial charge in [-0.25, -0.2) is 14.4 Å². The van der Waals surface area contributed by atoms with Crippen LogP contribution in [0, 0.1) is 5.82 Å². The Morgan fingerprint density at radius 3 is 2.46 bits per heavy atom. The average molecular weight is 375 g/mol. The van der Waals surface area contributed by atoms with Crippen molar-refractivity contribution in [2.45, 2.75) is 6.61 Å². The molecule has 0 bridgehead atoms. The van der Waals surface area contributed by atoms with Gasteiger partial charge in [-0.2, -0.15) is 0 Å². The quantitative estimate of drug-likeness (QED) is 0.508. The van der Waals surface area contributed by atoms with Gasteiger partial charge in [0.05, 0.1) is 12.6 Å². The highest BCUT2D eigenvalue weighted by Gasteiger charge is 2.12. The summed E-state index contributed by atoms with van der Waals surface area (Å²) in [5.41, 5.74) is 2.49. The molecule has 0 atom stereocenters. The van der Waals surface area contributed by atoms with Gasteiger partial charge in [0.25, 0.3) is 0 Å². The molecule has 0 unspecified atom stereocenters. The first-order chi connectivity index (χ1) is 13.7. The number of nitrogens with zero attached hydrogens (tertiary/aromatic N) is 2. The van der Waals surface area contributed by atoms with Gasteiger partial charge in [0.1, 0.15) is 24.6 Å². The number of ether oxygens (including phenoxy) is 2. The lowest BCUT2D eigenvalue weighted by molar-refractivity contribution is 0.285. The lowest BCUT2D eigenvalue weighted by Gasteiger charge is -2.14. The van der Waals surface area contributed by atoms with Crippen molar-refractivity contribution in [3.63, 3.8) is 0 Å². The predicted molar refractivity (Wildman–Crippen MR) is 107 cm³/mol. The highest BCUT2D eigenvalue weighted by atomic mass is 19.1. The predicted octanol–water partition coefficient (Wildman–Crippen LogP) is 5.10. The molecule has 4 aromatic rings. The minimum Gasteiger partial charge on any atom is -0.493 e. The zero-order valence-corrected chi connectivity index (χ0v) is 15.2. The highest BCUT2D eigenvalue weighted by molar-refractivity contribution is 5.93. The van der Waals surface area contributed by atoms with E-state index < -0.39 is 0 Å². The molecule has 0 saturated carbocycles. The van der Waals surface area contributed by atoms with Crippen molar-refractivity contribution in [2.24, 2.45) is 0 Å². The second-order valence-electron chi connectivity index (χ2n) is 6.15. The minimum absolute atomic E-state index is 0.292. The number of halogens is 1. The van der Waals surface area contributed by atoms with Crippen LogP contribution in [-0.2, 0) is 6.61 Å². The molecule has 1 heterocycles. The van der Waals surface area contributed by atoms with Crippen LogP contribution in [-0.4, -0.2) is 17.1 Å². The Labute approximate surface area is 161 Å². The van der Waals surface area contributed by atoms with E-state index in [1.165, 1.54) is 18.5 Å². The number of aromatic nitrogens is 2. The number of hydrogen-bond acceptors (Lipinski definition) is 5. The Morgan fingerprint density at radius 1 is 0.929 bits per heavy atom. The van der Waals surface area contributed by atoms with Crippen molar-refractivity contribution in [1.82, 2.24) is 9.97 Å². The summed E-state index contributed by atoms with van der Waals surface area (Å²) in [6.07, 6.45) is 1.47. The summed E-state index contributed by atoms with van der Waals surface area (Å²) in [4.78, 5) is 8.65. The zero-order chi connectivity index (χ0) is 19.3. The molecular weight excluding hydrogens is 357 g/mol. The fourth-order valence-electron chi connectivity index (χ4n) is 2.84. The van der Waals surface area contributed by atoms with E-state index in [0.717, 1.165) is 16.6 Å². The monoisotopic (exact) mass is 375 g/mol. The number of benzene rings is 3. The van der Waals surface area contributed by atoms with Crippen LogP contribution in [0.4, 0.5) is 15.9 Å². The summed E-state index contributed by atoms with van der Waals surface area (Å²) in [5, 5.41) is 3.97. The molecule has 0 aliphatic rings. The van der Waals surface area contributed by atoms with E-state index in [2.05, 4.69) is 15.3 Å². The molecule has 3 aromatic carbocycles. The third-order valence-corrected chi connectivity index (χ3v) is 4.26. The Morgan fingerprint density at radius 2 is 1.71 bits per heavy atom. The van der Waals surface area contributed by atoms with Crippen molar-refractivity contribution in [1.29, 1.82) is 0 Å². The number of methoxy groups -OCH3 is 1. The fourth-order valence-corrected chi connectivity index (χ4v) is 2.84. The average Bonchev–Trinajstić information content (AvgIpc) is 2.74. The number of fused-ring (bicyclic) bond motifs is 1. The van der Waals surface area contributed by atoms with Gasteiger partial charge in [0.2, 0.25) is 0 Å². The first kappa shape index (κ1) is 17.7. The van der Waals surface area contributed by atoms with Crippen LogP contribution in [0.15, 0.2) is 73.1 Å². The van der Waals surface area contributed by atoms with Crippen molar-refractivity contribution in [2.75, 3.05) is 12.4 Å². The van der Waals surface area contributed by atoms with Gasteiger partial charge >= 0.3 is 0 Å². The maximum Gasteiger partial charge on any atom is 0.162 e. The standard InChI is InChI=1S/C22H18FN3O2/c1-27-20-12-19-18(11-21(20)28-13-15-5-3-2-4-6-15)22(25-14-24-19)26-17-9-7-16(23)8-10-17/h2-12,14H,13H2,1H3,(H,24,25,26). The van der Waals surface area contributed by atoms with Crippen molar-refractivity contribution < 1.29 is 13.9 Å². The summed E-state index contributed by atoms with van der Waals surface area (Å²) in [5.74, 6) is 1.49. The van der Waals surface area contributed by atoms with E-state index in [1.807, 2.05) is 42.5 Å². The maximum atomic E-state index is 13.2. The molecule has 140 valence electrons. The molecule has 1 N–H and O–H groups in total. The molecule has 0 saturated heterocycles. The van der Waals surface area contributed by atoms with Gasteiger partial charge in [-0.3, -0.25) is 0 Å². The maximum absolute atomic E-state index is 13.2. The van der Waals surface area contributed by atoms with Crippen LogP contribution >= 0.6 is 0 Å². The van der Waals surface area contributed by atoms with E-state index in [-0.39, 0.29) is 5.82 Å². The van der Waals surface area contributed by atoms with Crippen LogP contribution in [0.5, 0.6) is 11.5 Å². The molecule has 0 radical (unpaired) electrons. The first-order valence-electron chi connectivity index (χ1n) is 8.75. The van der Waals surface area contributed by atoms with Crippen LogP contribution in [0.1, 0.15) is 5.56 Å². The van der Waals surface area contributed by atoms with Crippen LogP contribution in [0.3, 0.4) is 0 Å². The summed E-state index contributed by atoms with van der Waals surface area (Å²) < 4.78 is 24.6. The molecule has 28 heavy (non-hydrogen) atoms. The Balaban J connectivity index is 1.68. The lowest BCUT2D eigenvalue weighted by atomic mass is 10.2. The molecule has 0 aliphatic heterocycles. The molecule has 5 nitrogen and oxygen atoms in total. The molecule has 1 aromatic heterocycles. The van der Waals surface area contributed by atoms with Crippen molar-refractivity contribution >= 4 is 22.4 Å². The van der Waals surface area contributed by atoms with Gasteiger partial charge in [0.15, 0.2) is 11.5 Å². The zero-order valence-electron chi connectivity index (χ0n) is 15.2. The molecule has 6 heteroatoms. The SMILES string of the molecule is COc1cc2ncnc(Nc3ccc(F)cc3)c2cc1OCc1ccccc1. The van der Waals surface area contributed by atoms with Gasteiger partial charge in [0, 0.05) is 17.1 Å². The fraction of sp³-hybridized carbons (Fsp3) is 0.0909. The molecule has 0 aliphatic carbocycles. The third-order valence-electron chi connectivity index (χ3n) is 4.26. The Hall–Kier alpha value is -3.67. The summed E-state index contributed by atoms with van der Waals surface area (Å²) >= 11 is 0. The van der Waals surface area contributed by atoms with Crippen molar-refractivity contribution in [3.8, 4) is 11.5 Å². The number of hydrogen-bond donors (Lipinski definition) is 1. The summed E-state index contributed by atoms with van der Waals surface area (Å²) in [6.45, 7) is 0.414. The van der Waals surface area contributed by atoms with Gasteiger partial charge < -0.3 is 14.8 Å². The van der Waals surface area contributed by atoms with E-state index in [1.54, 1.807) is 19.2 Å². The first-order valence-corrected chi connectivity index (χ1v) is 8.75. The highest BCUT2D eigenvalue weighted by Crippen LogP contribution is 2.35. The van der Waals surface area contributed by atoms with Crippen LogP contribution in [0.2, 0.25) is 0 Å². The molecule has 0 spiro atoms. The van der Waals surface area contributed by atoms with E-state index in [9.17, 15) is 4.39 Å². The normalized spacial score (nSPS) is 10.6. The second kappa shape index (κ2) is 7.92. The lowest BCUT2D eigenvalue weighted by Crippen LogP contribution is -2.00. The van der Waals surface area contributed by atoms with Crippen LogP contribution in [0.25, 0.3) is 10.9 Å². The molecule has 4 rings (SSSR count). The topological polar surface area (TPSA) is 56.3 Å². The van der Waals surface area contributed by atoms with E-state index in [0.29, 0.717) is 29.4 Å². The van der Waals surface area contributed by atoms with E-state index >= 15 is 0 Å². The minimum atomic E-state index is -0.292. The molecule has 0 fully saturated rings. The van der Waals surface area contributed by atoms with Gasteiger partial charge in [-0.15, -0.1) is 0 Å². The molecule has 0 amide bonds. The van der Waals surface area contributed by atoms with Gasteiger partial charge in [-0.05, 0) is 35.9 Å². The number of anilines is 2. The smallest absolute Gasteiger partial charge is 0.162 e. The Kier molecular flexibility index (Phi) is 5.01. The van der Waals surface area contributed by atoms with Crippen molar-refractivity contribution in [3.05, 3.63) is 84.4 Å². The van der Waals surface area contributed by atoms with Gasteiger partial charge in [-0.1, -0.05) is 30.3 Å². The summed E-state index contributed by atoms with van der Waals surface area (Å²) in [6, 6.07) is 19.6. The number of rotatable bonds is 6. The Bertz CT molecular complexity index is 1090. The summed E-state index contributed by atoms with van der Waals surface area (Å²) in [7, 11) is 1.59. The molecular formula is C22H18FN3O2.